The van der Waals surface area contributed by atoms with Gasteiger partial charge >= 0.3 is 5.97 Å². The summed E-state index contributed by atoms with van der Waals surface area (Å²) in [6, 6.07) is 0. The summed E-state index contributed by atoms with van der Waals surface area (Å²) < 4.78 is 5.82. The van der Waals surface area contributed by atoms with Crippen LogP contribution in [0, 0.1) is 5.92 Å². The molecule has 0 bridgehead atoms. The van der Waals surface area contributed by atoms with Gasteiger partial charge in [0.05, 0.1) is 21.1 Å². The molecule has 1 aliphatic carbocycles. The SMILES string of the molecule is C[N+](C)(C)CC(O)COC(=O)CCCCCCCCCCC1C=CCC1. The van der Waals surface area contributed by atoms with Gasteiger partial charge in [0.1, 0.15) is 19.3 Å². The summed E-state index contributed by atoms with van der Waals surface area (Å²) in [5.74, 6) is 0.690. The highest BCUT2D eigenvalue weighted by Crippen LogP contribution is 2.23. The fourth-order valence-corrected chi connectivity index (χ4v) is 3.62. The van der Waals surface area contributed by atoms with E-state index in [1.807, 2.05) is 21.1 Å². The standard InChI is InChI=1S/C22H42NO3/c1-23(2,3)18-21(24)19-26-22(25)17-11-9-7-5-4-6-8-10-14-20-15-12-13-16-20/h12,15,20-21,24H,4-11,13-14,16-19H2,1-3H3/q+1. The van der Waals surface area contributed by atoms with Crippen LogP contribution in [0.25, 0.3) is 0 Å². The zero-order chi connectivity index (χ0) is 19.3. The third kappa shape index (κ3) is 13.3. The van der Waals surface area contributed by atoms with Crippen LogP contribution in [0.2, 0.25) is 0 Å². The number of aliphatic hydroxyl groups is 1. The molecule has 1 N–H and O–H groups in total. The fraction of sp³-hybridized carbons (Fsp3) is 0.864. The van der Waals surface area contributed by atoms with E-state index >= 15 is 0 Å². The largest absolute Gasteiger partial charge is 0.463 e. The van der Waals surface area contributed by atoms with Gasteiger partial charge in [0.15, 0.2) is 0 Å². The van der Waals surface area contributed by atoms with Gasteiger partial charge in [0.2, 0.25) is 0 Å². The van der Waals surface area contributed by atoms with Crippen molar-refractivity contribution in [3.63, 3.8) is 0 Å². The predicted octanol–water partition coefficient (Wildman–Crippen LogP) is 4.46. The zero-order valence-electron chi connectivity index (χ0n) is 17.4. The molecule has 26 heavy (non-hydrogen) atoms. The van der Waals surface area contributed by atoms with Crippen molar-refractivity contribution in [3.05, 3.63) is 12.2 Å². The van der Waals surface area contributed by atoms with Crippen molar-refractivity contribution in [3.8, 4) is 0 Å². The number of esters is 1. The average Bonchev–Trinajstić information content (AvgIpc) is 3.06. The van der Waals surface area contributed by atoms with Crippen molar-refractivity contribution < 1.29 is 19.1 Å². The molecule has 0 aromatic carbocycles. The van der Waals surface area contributed by atoms with Gasteiger partial charge in [-0.1, -0.05) is 57.1 Å². The summed E-state index contributed by atoms with van der Waals surface area (Å²) in [5.41, 5.74) is 0. The minimum Gasteiger partial charge on any atom is -0.463 e. The first-order valence-corrected chi connectivity index (χ1v) is 10.7. The van der Waals surface area contributed by atoms with Gasteiger partial charge in [-0.15, -0.1) is 0 Å². The Hall–Kier alpha value is -0.870. The van der Waals surface area contributed by atoms with Crippen LogP contribution in [0.3, 0.4) is 0 Å². The molecule has 0 saturated heterocycles. The molecule has 0 amide bonds. The number of quaternary nitrogens is 1. The second kappa shape index (κ2) is 13.3. The summed E-state index contributed by atoms with van der Waals surface area (Å²) in [6.07, 6.45) is 18.6. The summed E-state index contributed by atoms with van der Waals surface area (Å²) in [4.78, 5) is 11.7. The third-order valence-electron chi connectivity index (χ3n) is 5.01. The Bertz CT molecular complexity index is 401. The molecule has 0 heterocycles. The highest BCUT2D eigenvalue weighted by molar-refractivity contribution is 5.69. The van der Waals surface area contributed by atoms with E-state index in [2.05, 4.69) is 12.2 Å². The molecular formula is C22H42NO3+. The predicted molar refractivity (Wildman–Crippen MR) is 108 cm³/mol. The number of hydrogen-bond acceptors (Lipinski definition) is 3. The van der Waals surface area contributed by atoms with E-state index in [9.17, 15) is 9.90 Å². The van der Waals surface area contributed by atoms with Crippen LogP contribution in [0.1, 0.15) is 77.0 Å². The molecule has 2 unspecified atom stereocenters. The number of likely N-dealkylation sites (N-methyl/N-ethyl adjacent to an activating group) is 1. The maximum Gasteiger partial charge on any atom is 0.305 e. The van der Waals surface area contributed by atoms with Crippen LogP contribution in [0.5, 0.6) is 0 Å². The first kappa shape index (κ1) is 23.2. The van der Waals surface area contributed by atoms with E-state index in [0.717, 1.165) is 18.8 Å². The average molecular weight is 369 g/mol. The second-order valence-corrected chi connectivity index (χ2v) is 8.94. The lowest BCUT2D eigenvalue weighted by atomic mass is 9.99. The maximum absolute atomic E-state index is 11.7. The lowest BCUT2D eigenvalue weighted by Gasteiger charge is -2.26. The molecule has 1 aliphatic rings. The van der Waals surface area contributed by atoms with Gasteiger partial charge < -0.3 is 14.3 Å². The number of ether oxygens (including phenoxy) is 1. The molecule has 4 nitrogen and oxygen atoms in total. The van der Waals surface area contributed by atoms with Crippen molar-refractivity contribution in [2.24, 2.45) is 5.92 Å². The fourth-order valence-electron chi connectivity index (χ4n) is 3.62. The van der Waals surface area contributed by atoms with Gasteiger partial charge in [0, 0.05) is 6.42 Å². The third-order valence-corrected chi connectivity index (χ3v) is 5.01. The molecule has 1 rings (SSSR count). The van der Waals surface area contributed by atoms with E-state index < -0.39 is 6.10 Å². The van der Waals surface area contributed by atoms with Crippen molar-refractivity contribution in [2.45, 2.75) is 83.2 Å². The molecule has 0 aromatic heterocycles. The normalized spacial score (nSPS) is 18.2. The van der Waals surface area contributed by atoms with Gasteiger partial charge in [0.25, 0.3) is 0 Å². The van der Waals surface area contributed by atoms with E-state index in [1.165, 1.54) is 57.8 Å². The highest BCUT2D eigenvalue weighted by atomic mass is 16.5. The number of rotatable bonds is 15. The Labute approximate surface area is 161 Å². The van der Waals surface area contributed by atoms with Crippen LogP contribution in [-0.2, 0) is 9.53 Å². The van der Waals surface area contributed by atoms with E-state index in [1.54, 1.807) is 0 Å². The van der Waals surface area contributed by atoms with Gasteiger partial charge in [-0.3, -0.25) is 4.79 Å². The summed E-state index contributed by atoms with van der Waals surface area (Å²) >= 11 is 0. The van der Waals surface area contributed by atoms with Crippen LogP contribution in [-0.4, -0.2) is 56.0 Å². The first-order chi connectivity index (χ1) is 12.4. The molecule has 0 saturated carbocycles. The Morgan fingerprint density at radius 3 is 2.27 bits per heavy atom. The highest BCUT2D eigenvalue weighted by Gasteiger charge is 2.17. The van der Waals surface area contributed by atoms with E-state index in [4.69, 9.17) is 4.74 Å². The molecule has 0 fully saturated rings. The monoisotopic (exact) mass is 368 g/mol. The zero-order valence-corrected chi connectivity index (χ0v) is 17.4. The molecule has 2 atom stereocenters. The van der Waals surface area contributed by atoms with Crippen LogP contribution >= 0.6 is 0 Å². The summed E-state index contributed by atoms with van der Waals surface area (Å²) in [6.45, 7) is 0.704. The molecule has 0 spiro atoms. The Balaban J connectivity index is 1.83. The lowest BCUT2D eigenvalue weighted by molar-refractivity contribution is -0.873. The molecular weight excluding hydrogens is 326 g/mol. The summed E-state index contributed by atoms with van der Waals surface area (Å²) in [7, 11) is 6.04. The number of carbonyl (C=O) groups excluding carboxylic acids is 1. The second-order valence-electron chi connectivity index (χ2n) is 8.94. The molecule has 4 heteroatoms. The van der Waals surface area contributed by atoms with Crippen molar-refractivity contribution in [1.82, 2.24) is 0 Å². The van der Waals surface area contributed by atoms with Crippen molar-refractivity contribution >= 4 is 5.97 Å². The number of unbranched alkanes of at least 4 members (excludes halogenated alkanes) is 7. The molecule has 0 radical (unpaired) electrons. The minimum absolute atomic E-state index is 0.116. The first-order valence-electron chi connectivity index (χ1n) is 10.7. The number of nitrogens with zero attached hydrogens (tertiary/aromatic N) is 1. The van der Waals surface area contributed by atoms with E-state index in [-0.39, 0.29) is 12.6 Å². The Morgan fingerprint density at radius 2 is 1.69 bits per heavy atom. The number of allylic oxidation sites excluding steroid dienone is 2. The molecule has 0 aliphatic heterocycles. The maximum atomic E-state index is 11.7. The van der Waals surface area contributed by atoms with Gasteiger partial charge in [-0.05, 0) is 31.6 Å². The van der Waals surface area contributed by atoms with Gasteiger partial charge in [-0.2, -0.15) is 0 Å². The molecule has 0 aromatic rings. The topological polar surface area (TPSA) is 46.5 Å². The quantitative estimate of drug-likeness (QED) is 0.201. The van der Waals surface area contributed by atoms with Gasteiger partial charge in [-0.25, -0.2) is 0 Å². The number of aliphatic hydroxyl groups excluding tert-OH is 1. The molecule has 152 valence electrons. The van der Waals surface area contributed by atoms with Crippen LogP contribution in [0.15, 0.2) is 12.2 Å². The van der Waals surface area contributed by atoms with Crippen molar-refractivity contribution in [2.75, 3.05) is 34.3 Å². The number of hydrogen-bond donors (Lipinski definition) is 1. The summed E-state index contributed by atoms with van der Waals surface area (Å²) in [5, 5.41) is 9.83. The van der Waals surface area contributed by atoms with Crippen molar-refractivity contribution in [1.29, 1.82) is 0 Å². The number of carbonyl (C=O) groups is 1. The Morgan fingerprint density at radius 1 is 1.08 bits per heavy atom. The van der Waals surface area contributed by atoms with Crippen LogP contribution < -0.4 is 0 Å². The smallest absolute Gasteiger partial charge is 0.305 e. The van der Waals surface area contributed by atoms with Crippen LogP contribution in [0.4, 0.5) is 0 Å². The minimum atomic E-state index is -0.580. The van der Waals surface area contributed by atoms with E-state index in [0.29, 0.717) is 17.4 Å². The lowest BCUT2D eigenvalue weighted by Crippen LogP contribution is -2.43. The Kier molecular flexibility index (Phi) is 11.9.